The highest BCUT2D eigenvalue weighted by atomic mass is 16.5. The molecule has 2 rings (SSSR count). The van der Waals surface area contributed by atoms with E-state index in [0.717, 1.165) is 24.9 Å². The second-order valence-corrected chi connectivity index (χ2v) is 4.71. The summed E-state index contributed by atoms with van der Waals surface area (Å²) in [6.07, 6.45) is 3.43. The first-order valence-corrected chi connectivity index (χ1v) is 6.61. The lowest BCUT2D eigenvalue weighted by atomic mass is 9.99. The normalized spacial score (nSPS) is 18.9. The molecule has 1 atom stereocenters. The summed E-state index contributed by atoms with van der Waals surface area (Å²) in [6, 6.07) is 4.86. The first-order chi connectivity index (χ1) is 9.70. The number of nitrogens with one attached hydrogen (secondary N) is 2. The number of methoxy groups -OCH3 is 1. The molecule has 0 unspecified atom stereocenters. The maximum absolute atomic E-state index is 11.8. The summed E-state index contributed by atoms with van der Waals surface area (Å²) in [5, 5.41) is 16.6. The van der Waals surface area contributed by atoms with Crippen LogP contribution in [0.3, 0.4) is 0 Å². The van der Waals surface area contributed by atoms with Crippen molar-refractivity contribution < 1.29 is 14.6 Å². The van der Waals surface area contributed by atoms with E-state index in [2.05, 4.69) is 15.8 Å². The van der Waals surface area contributed by atoms with Gasteiger partial charge in [-0.3, -0.25) is 4.79 Å². The van der Waals surface area contributed by atoms with E-state index in [-0.39, 0.29) is 17.6 Å². The number of piperidine rings is 1. The van der Waals surface area contributed by atoms with Crippen molar-refractivity contribution in [3.05, 3.63) is 23.8 Å². The summed E-state index contributed by atoms with van der Waals surface area (Å²) in [5.74, 6) is 0.355. The molecule has 0 aliphatic carbocycles. The van der Waals surface area contributed by atoms with Crippen LogP contribution in [-0.4, -0.2) is 37.4 Å². The molecule has 1 heterocycles. The third-order valence-corrected chi connectivity index (χ3v) is 3.26. The van der Waals surface area contributed by atoms with Gasteiger partial charge in [0.25, 0.3) is 0 Å². The number of hydrogen-bond acceptors (Lipinski definition) is 5. The summed E-state index contributed by atoms with van der Waals surface area (Å²) in [4.78, 5) is 11.8. The number of hydrazone groups is 1. The molecule has 0 bridgehead atoms. The van der Waals surface area contributed by atoms with Gasteiger partial charge in [-0.1, -0.05) is 0 Å². The van der Waals surface area contributed by atoms with Crippen molar-refractivity contribution in [2.75, 3.05) is 20.2 Å². The van der Waals surface area contributed by atoms with E-state index in [0.29, 0.717) is 12.3 Å². The molecule has 1 fully saturated rings. The van der Waals surface area contributed by atoms with Crippen LogP contribution in [-0.2, 0) is 4.79 Å². The van der Waals surface area contributed by atoms with E-state index in [1.54, 1.807) is 12.1 Å². The molecule has 6 heteroatoms. The second kappa shape index (κ2) is 6.91. The number of rotatable bonds is 4. The van der Waals surface area contributed by atoms with Gasteiger partial charge in [-0.2, -0.15) is 5.10 Å². The zero-order valence-electron chi connectivity index (χ0n) is 11.4. The summed E-state index contributed by atoms with van der Waals surface area (Å²) in [7, 11) is 1.48. The number of hydrogen-bond donors (Lipinski definition) is 3. The molecule has 0 saturated carbocycles. The van der Waals surface area contributed by atoms with E-state index < -0.39 is 0 Å². The monoisotopic (exact) mass is 277 g/mol. The van der Waals surface area contributed by atoms with Gasteiger partial charge in [0.15, 0.2) is 11.5 Å². The Hall–Kier alpha value is -2.08. The third-order valence-electron chi connectivity index (χ3n) is 3.26. The largest absolute Gasteiger partial charge is 0.504 e. The molecule has 1 amide bonds. The smallest absolute Gasteiger partial charge is 0.244 e. The molecule has 0 aromatic heterocycles. The van der Waals surface area contributed by atoms with Crippen LogP contribution in [0.2, 0.25) is 0 Å². The predicted octanol–water partition coefficient (Wildman–Crippen LogP) is 0.850. The van der Waals surface area contributed by atoms with Gasteiger partial charge in [0.2, 0.25) is 5.91 Å². The number of aromatic hydroxyl groups is 1. The molecular weight excluding hydrogens is 258 g/mol. The maximum atomic E-state index is 11.8. The molecule has 3 N–H and O–H groups in total. The molecule has 1 aromatic rings. The number of carbonyl (C=O) groups excluding carboxylic acids is 1. The van der Waals surface area contributed by atoms with Crippen LogP contribution in [0.25, 0.3) is 0 Å². The van der Waals surface area contributed by atoms with Gasteiger partial charge >= 0.3 is 0 Å². The van der Waals surface area contributed by atoms with Gasteiger partial charge < -0.3 is 15.2 Å². The average Bonchev–Trinajstić information content (AvgIpc) is 2.49. The van der Waals surface area contributed by atoms with Crippen LogP contribution in [0.15, 0.2) is 23.3 Å². The Morgan fingerprint density at radius 2 is 2.45 bits per heavy atom. The predicted molar refractivity (Wildman–Crippen MR) is 76.0 cm³/mol. The number of benzene rings is 1. The van der Waals surface area contributed by atoms with Crippen molar-refractivity contribution in [1.82, 2.24) is 10.7 Å². The Bertz CT molecular complexity index is 496. The molecule has 1 aromatic carbocycles. The molecule has 1 aliphatic heterocycles. The Morgan fingerprint density at radius 3 is 3.15 bits per heavy atom. The molecule has 1 aliphatic rings. The van der Waals surface area contributed by atoms with Gasteiger partial charge in [-0.15, -0.1) is 0 Å². The minimum atomic E-state index is -0.0702. The zero-order chi connectivity index (χ0) is 14.4. The second-order valence-electron chi connectivity index (χ2n) is 4.71. The number of phenols is 1. The lowest BCUT2D eigenvalue weighted by Crippen LogP contribution is -2.38. The Morgan fingerprint density at radius 1 is 1.60 bits per heavy atom. The first kappa shape index (κ1) is 14.3. The van der Waals surface area contributed by atoms with Crippen molar-refractivity contribution >= 4 is 12.1 Å². The lowest BCUT2D eigenvalue weighted by Gasteiger charge is -2.20. The third kappa shape index (κ3) is 3.71. The molecule has 1 saturated heterocycles. The van der Waals surface area contributed by atoms with E-state index in [1.165, 1.54) is 19.4 Å². The van der Waals surface area contributed by atoms with Gasteiger partial charge in [-0.05, 0) is 43.1 Å². The summed E-state index contributed by atoms with van der Waals surface area (Å²) >= 11 is 0. The fourth-order valence-corrected chi connectivity index (χ4v) is 2.11. The van der Waals surface area contributed by atoms with Gasteiger partial charge in [-0.25, -0.2) is 5.43 Å². The summed E-state index contributed by atoms with van der Waals surface area (Å²) in [6.45, 7) is 1.68. The number of carbonyl (C=O) groups is 1. The summed E-state index contributed by atoms with van der Waals surface area (Å²) < 4.78 is 5.00. The maximum Gasteiger partial charge on any atom is 0.244 e. The Labute approximate surface area is 117 Å². The molecule has 20 heavy (non-hydrogen) atoms. The quantitative estimate of drug-likeness (QED) is 0.563. The van der Waals surface area contributed by atoms with Crippen LogP contribution < -0.4 is 15.5 Å². The van der Waals surface area contributed by atoms with Crippen molar-refractivity contribution in [2.24, 2.45) is 11.0 Å². The van der Waals surface area contributed by atoms with Crippen molar-refractivity contribution in [3.63, 3.8) is 0 Å². The molecule has 0 radical (unpaired) electrons. The van der Waals surface area contributed by atoms with E-state index >= 15 is 0 Å². The number of amides is 1. The fraction of sp³-hybridized carbons (Fsp3) is 0.429. The van der Waals surface area contributed by atoms with Crippen LogP contribution in [0.1, 0.15) is 18.4 Å². The van der Waals surface area contributed by atoms with Crippen molar-refractivity contribution in [1.29, 1.82) is 0 Å². The zero-order valence-corrected chi connectivity index (χ0v) is 11.4. The molecule has 108 valence electrons. The minimum absolute atomic E-state index is 0.0183. The minimum Gasteiger partial charge on any atom is -0.504 e. The lowest BCUT2D eigenvalue weighted by molar-refractivity contribution is -0.125. The first-order valence-electron chi connectivity index (χ1n) is 6.61. The number of nitrogens with zero attached hydrogens (tertiary/aromatic N) is 1. The van der Waals surface area contributed by atoms with E-state index in [4.69, 9.17) is 4.74 Å². The molecule has 0 spiro atoms. The SMILES string of the molecule is COc1cc(/C=N\NC(=O)[C@H]2CCCNC2)ccc1O. The molecule has 6 nitrogen and oxygen atoms in total. The summed E-state index contributed by atoms with van der Waals surface area (Å²) in [5.41, 5.74) is 3.28. The standard InChI is InChI=1S/C14H19N3O3/c1-20-13-7-10(4-5-12(13)18)8-16-17-14(19)11-3-2-6-15-9-11/h4-5,7-8,11,15,18H,2-3,6,9H2,1H3,(H,17,19)/b16-8-/t11-/m0/s1. The molecular formula is C14H19N3O3. The fourth-order valence-electron chi connectivity index (χ4n) is 2.11. The van der Waals surface area contributed by atoms with Crippen LogP contribution in [0.4, 0.5) is 0 Å². The Kier molecular flexibility index (Phi) is 4.95. The Balaban J connectivity index is 1.90. The van der Waals surface area contributed by atoms with Crippen LogP contribution in [0, 0.1) is 5.92 Å². The van der Waals surface area contributed by atoms with Gasteiger partial charge in [0, 0.05) is 6.54 Å². The van der Waals surface area contributed by atoms with Crippen molar-refractivity contribution in [2.45, 2.75) is 12.8 Å². The topological polar surface area (TPSA) is 83.0 Å². The highest BCUT2D eigenvalue weighted by molar-refractivity contribution is 5.84. The van der Waals surface area contributed by atoms with E-state index in [1.807, 2.05) is 0 Å². The van der Waals surface area contributed by atoms with Crippen molar-refractivity contribution in [3.8, 4) is 11.5 Å². The van der Waals surface area contributed by atoms with E-state index in [9.17, 15) is 9.90 Å². The highest BCUT2D eigenvalue weighted by Gasteiger charge is 2.20. The highest BCUT2D eigenvalue weighted by Crippen LogP contribution is 2.25. The van der Waals surface area contributed by atoms with Gasteiger partial charge in [0.05, 0.1) is 19.2 Å². The van der Waals surface area contributed by atoms with Crippen LogP contribution in [0.5, 0.6) is 11.5 Å². The number of ether oxygens (including phenoxy) is 1. The van der Waals surface area contributed by atoms with Crippen LogP contribution >= 0.6 is 0 Å². The number of phenolic OH excluding ortho intramolecular Hbond substituents is 1. The van der Waals surface area contributed by atoms with Gasteiger partial charge in [0.1, 0.15) is 0 Å². The average molecular weight is 277 g/mol.